The van der Waals surface area contributed by atoms with Crippen LogP contribution in [0.3, 0.4) is 0 Å². The van der Waals surface area contributed by atoms with Crippen LogP contribution in [0, 0.1) is 0 Å². The molecule has 1 aromatic carbocycles. The number of rotatable bonds is 5. The van der Waals surface area contributed by atoms with Crippen molar-refractivity contribution >= 4 is 11.5 Å². The fraction of sp³-hybridized carbons (Fsp3) is 0.286. The van der Waals surface area contributed by atoms with E-state index in [1.807, 2.05) is 38.1 Å². The summed E-state index contributed by atoms with van der Waals surface area (Å²) in [4.78, 5) is 8.46. The Morgan fingerprint density at radius 2 is 2.05 bits per heavy atom. The molecule has 100 valence electrons. The SMILES string of the molecule is CC(C)Oc1cncc(Nc2ccccc2CN)n1. The number of nitrogens with two attached hydrogens (primary N) is 1. The molecule has 2 aromatic rings. The molecule has 0 aliphatic carbocycles. The summed E-state index contributed by atoms with van der Waals surface area (Å²) >= 11 is 0. The van der Waals surface area contributed by atoms with Crippen LogP contribution in [0.15, 0.2) is 36.7 Å². The Kier molecular flexibility index (Phi) is 4.30. The van der Waals surface area contributed by atoms with Gasteiger partial charge in [-0.1, -0.05) is 18.2 Å². The molecule has 19 heavy (non-hydrogen) atoms. The average molecular weight is 258 g/mol. The zero-order valence-electron chi connectivity index (χ0n) is 11.1. The van der Waals surface area contributed by atoms with Gasteiger partial charge < -0.3 is 15.8 Å². The predicted octanol–water partition coefficient (Wildman–Crippen LogP) is 2.47. The smallest absolute Gasteiger partial charge is 0.234 e. The molecule has 1 aromatic heterocycles. The lowest BCUT2D eigenvalue weighted by Crippen LogP contribution is -2.08. The molecule has 0 aliphatic rings. The molecular formula is C14H18N4O. The number of para-hydroxylation sites is 1. The summed E-state index contributed by atoms with van der Waals surface area (Å²) in [6, 6.07) is 7.84. The second-order valence-corrected chi connectivity index (χ2v) is 4.40. The highest BCUT2D eigenvalue weighted by atomic mass is 16.5. The molecule has 0 atom stereocenters. The van der Waals surface area contributed by atoms with Gasteiger partial charge in [-0.05, 0) is 25.5 Å². The Labute approximate surface area is 112 Å². The van der Waals surface area contributed by atoms with Crippen molar-refractivity contribution in [1.29, 1.82) is 0 Å². The van der Waals surface area contributed by atoms with Crippen LogP contribution in [0.2, 0.25) is 0 Å². The maximum absolute atomic E-state index is 5.70. The molecule has 5 heteroatoms. The van der Waals surface area contributed by atoms with Crippen LogP contribution >= 0.6 is 0 Å². The van der Waals surface area contributed by atoms with Crippen molar-refractivity contribution in [2.24, 2.45) is 5.73 Å². The summed E-state index contributed by atoms with van der Waals surface area (Å²) in [6.45, 7) is 4.37. The number of anilines is 2. The number of aromatic nitrogens is 2. The van der Waals surface area contributed by atoms with Gasteiger partial charge in [0.05, 0.1) is 18.5 Å². The monoisotopic (exact) mass is 258 g/mol. The number of benzene rings is 1. The first-order valence-electron chi connectivity index (χ1n) is 6.22. The van der Waals surface area contributed by atoms with Gasteiger partial charge in [0.1, 0.15) is 0 Å². The second-order valence-electron chi connectivity index (χ2n) is 4.40. The summed E-state index contributed by atoms with van der Waals surface area (Å²) in [6.07, 6.45) is 3.32. The number of nitrogens with zero attached hydrogens (tertiary/aromatic N) is 2. The summed E-state index contributed by atoms with van der Waals surface area (Å²) in [5.41, 5.74) is 7.66. The van der Waals surface area contributed by atoms with Crippen LogP contribution in [-0.2, 0) is 6.54 Å². The number of nitrogens with one attached hydrogen (secondary N) is 1. The number of hydrogen-bond acceptors (Lipinski definition) is 5. The van der Waals surface area contributed by atoms with Crippen molar-refractivity contribution in [2.75, 3.05) is 5.32 Å². The lowest BCUT2D eigenvalue weighted by atomic mass is 10.2. The first kappa shape index (κ1) is 13.3. The third kappa shape index (κ3) is 3.66. The van der Waals surface area contributed by atoms with Crippen LogP contribution in [-0.4, -0.2) is 16.1 Å². The third-order valence-corrected chi connectivity index (χ3v) is 2.47. The van der Waals surface area contributed by atoms with E-state index >= 15 is 0 Å². The molecule has 0 spiro atoms. The Balaban J connectivity index is 2.18. The first-order chi connectivity index (χ1) is 9.19. The summed E-state index contributed by atoms with van der Waals surface area (Å²) in [7, 11) is 0. The van der Waals surface area contributed by atoms with Crippen LogP contribution in [0.5, 0.6) is 5.88 Å². The van der Waals surface area contributed by atoms with Crippen molar-refractivity contribution in [2.45, 2.75) is 26.5 Å². The lowest BCUT2D eigenvalue weighted by Gasteiger charge is -2.12. The molecule has 0 radical (unpaired) electrons. The fourth-order valence-corrected chi connectivity index (χ4v) is 1.66. The normalized spacial score (nSPS) is 10.5. The Morgan fingerprint density at radius 3 is 2.79 bits per heavy atom. The molecule has 0 fully saturated rings. The molecule has 1 heterocycles. The van der Waals surface area contributed by atoms with Gasteiger partial charge in [-0.25, -0.2) is 0 Å². The van der Waals surface area contributed by atoms with Crippen molar-refractivity contribution < 1.29 is 4.74 Å². The molecule has 0 bridgehead atoms. The molecule has 2 rings (SSSR count). The maximum atomic E-state index is 5.70. The predicted molar refractivity (Wildman–Crippen MR) is 75.4 cm³/mol. The number of ether oxygens (including phenoxy) is 1. The van der Waals surface area contributed by atoms with E-state index in [1.165, 1.54) is 0 Å². The van der Waals surface area contributed by atoms with Gasteiger partial charge in [0.15, 0.2) is 5.82 Å². The largest absolute Gasteiger partial charge is 0.474 e. The minimum atomic E-state index is 0.0703. The van der Waals surface area contributed by atoms with Crippen LogP contribution in [0.4, 0.5) is 11.5 Å². The second kappa shape index (κ2) is 6.15. The van der Waals surface area contributed by atoms with E-state index in [-0.39, 0.29) is 6.10 Å². The van der Waals surface area contributed by atoms with Gasteiger partial charge in [0.25, 0.3) is 0 Å². The molecule has 0 aliphatic heterocycles. The molecule has 0 unspecified atom stereocenters. The summed E-state index contributed by atoms with van der Waals surface area (Å²) in [5, 5.41) is 3.20. The average Bonchev–Trinajstić information content (AvgIpc) is 2.39. The van der Waals surface area contributed by atoms with Gasteiger partial charge in [0.2, 0.25) is 5.88 Å². The van der Waals surface area contributed by atoms with Crippen LogP contribution in [0.1, 0.15) is 19.4 Å². The lowest BCUT2D eigenvalue weighted by molar-refractivity contribution is 0.232. The highest BCUT2D eigenvalue weighted by molar-refractivity contribution is 5.60. The first-order valence-corrected chi connectivity index (χ1v) is 6.22. The molecule has 0 amide bonds. The van der Waals surface area contributed by atoms with E-state index in [0.717, 1.165) is 11.3 Å². The van der Waals surface area contributed by atoms with E-state index in [0.29, 0.717) is 18.2 Å². The summed E-state index contributed by atoms with van der Waals surface area (Å²) < 4.78 is 5.51. The highest BCUT2D eigenvalue weighted by Gasteiger charge is 2.04. The Morgan fingerprint density at radius 1 is 1.26 bits per heavy atom. The zero-order valence-corrected chi connectivity index (χ0v) is 11.1. The van der Waals surface area contributed by atoms with E-state index in [4.69, 9.17) is 10.5 Å². The summed E-state index contributed by atoms with van der Waals surface area (Å²) in [5.74, 6) is 1.14. The van der Waals surface area contributed by atoms with Gasteiger partial charge >= 0.3 is 0 Å². The quantitative estimate of drug-likeness (QED) is 0.861. The van der Waals surface area contributed by atoms with E-state index in [9.17, 15) is 0 Å². The minimum Gasteiger partial charge on any atom is -0.474 e. The molecular weight excluding hydrogens is 240 g/mol. The van der Waals surface area contributed by atoms with E-state index in [1.54, 1.807) is 12.4 Å². The van der Waals surface area contributed by atoms with Gasteiger partial charge in [-0.15, -0.1) is 0 Å². The standard InChI is InChI=1S/C14H18N4O/c1-10(2)19-14-9-16-8-13(18-14)17-12-6-4-3-5-11(12)7-15/h3-6,8-10H,7,15H2,1-2H3,(H,17,18). The van der Waals surface area contributed by atoms with Crippen molar-refractivity contribution in [3.63, 3.8) is 0 Å². The maximum Gasteiger partial charge on any atom is 0.234 e. The van der Waals surface area contributed by atoms with E-state index < -0.39 is 0 Å². The Bertz CT molecular complexity index is 542. The van der Waals surface area contributed by atoms with Gasteiger partial charge in [-0.3, -0.25) is 4.98 Å². The van der Waals surface area contributed by atoms with Crippen LogP contribution < -0.4 is 15.8 Å². The van der Waals surface area contributed by atoms with Gasteiger partial charge in [0, 0.05) is 12.2 Å². The molecule has 0 saturated carbocycles. The van der Waals surface area contributed by atoms with E-state index in [2.05, 4.69) is 15.3 Å². The zero-order chi connectivity index (χ0) is 13.7. The third-order valence-electron chi connectivity index (χ3n) is 2.47. The van der Waals surface area contributed by atoms with Crippen molar-refractivity contribution in [3.05, 3.63) is 42.2 Å². The topological polar surface area (TPSA) is 73.1 Å². The fourth-order valence-electron chi connectivity index (χ4n) is 1.66. The molecule has 0 saturated heterocycles. The molecule has 3 N–H and O–H groups in total. The van der Waals surface area contributed by atoms with Crippen molar-refractivity contribution in [3.8, 4) is 5.88 Å². The van der Waals surface area contributed by atoms with Crippen LogP contribution in [0.25, 0.3) is 0 Å². The Hall–Kier alpha value is -2.14. The van der Waals surface area contributed by atoms with Gasteiger partial charge in [-0.2, -0.15) is 4.98 Å². The minimum absolute atomic E-state index is 0.0703. The van der Waals surface area contributed by atoms with Crippen molar-refractivity contribution in [1.82, 2.24) is 9.97 Å². The molecule has 5 nitrogen and oxygen atoms in total. The highest BCUT2D eigenvalue weighted by Crippen LogP contribution is 2.20. The number of hydrogen-bond donors (Lipinski definition) is 2.